The van der Waals surface area contributed by atoms with Gasteiger partial charge in [-0.15, -0.1) is 6.42 Å². The van der Waals surface area contributed by atoms with Gasteiger partial charge < -0.3 is 14.9 Å². The van der Waals surface area contributed by atoms with Crippen LogP contribution in [0.3, 0.4) is 0 Å². The van der Waals surface area contributed by atoms with Crippen molar-refractivity contribution >= 4 is 23.2 Å². The van der Waals surface area contributed by atoms with E-state index in [1.807, 2.05) is 4.90 Å². The van der Waals surface area contributed by atoms with Gasteiger partial charge in [0.25, 0.3) is 5.56 Å². The Morgan fingerprint density at radius 1 is 1.20 bits per heavy atom. The summed E-state index contributed by atoms with van der Waals surface area (Å²) in [6, 6.07) is 0. The molecule has 2 aromatic rings. The topological polar surface area (TPSA) is 106 Å². The van der Waals surface area contributed by atoms with Crippen molar-refractivity contribution in [3.8, 4) is 12.3 Å². The molecule has 0 saturated carbocycles. The highest BCUT2D eigenvalue weighted by atomic mass is 16.4. The second-order valence-electron chi connectivity index (χ2n) is 5.84. The zero-order chi connectivity index (χ0) is 18.3. The van der Waals surface area contributed by atoms with Crippen molar-refractivity contribution in [2.75, 3.05) is 31.1 Å². The first-order valence-corrected chi connectivity index (χ1v) is 7.69. The van der Waals surface area contributed by atoms with Gasteiger partial charge in [0, 0.05) is 40.3 Å². The van der Waals surface area contributed by atoms with Crippen LogP contribution in [0.5, 0.6) is 0 Å². The zero-order valence-electron chi connectivity index (χ0n) is 14.0. The lowest BCUT2D eigenvalue weighted by Crippen LogP contribution is -2.49. The molecule has 1 fully saturated rings. The first-order valence-electron chi connectivity index (χ1n) is 7.69. The van der Waals surface area contributed by atoms with Gasteiger partial charge in [0.05, 0.1) is 6.54 Å². The van der Waals surface area contributed by atoms with Gasteiger partial charge in [-0.05, 0) is 0 Å². The number of fused-ring (bicyclic) bond motifs is 1. The predicted octanol–water partition coefficient (Wildman–Crippen LogP) is -1.13. The van der Waals surface area contributed by atoms with E-state index in [-0.39, 0.29) is 17.7 Å². The van der Waals surface area contributed by atoms with Gasteiger partial charge in [-0.2, -0.15) is 4.98 Å². The normalized spacial score (nSPS) is 14.8. The van der Waals surface area contributed by atoms with E-state index in [1.165, 1.54) is 16.5 Å². The molecule has 0 bridgehead atoms. The molecule has 0 spiro atoms. The van der Waals surface area contributed by atoms with Crippen molar-refractivity contribution in [3.63, 3.8) is 0 Å². The van der Waals surface area contributed by atoms with Gasteiger partial charge in [-0.25, -0.2) is 9.59 Å². The second-order valence-corrected chi connectivity index (χ2v) is 5.84. The minimum absolute atomic E-state index is 0.123. The molecule has 132 valence electrons. The molecule has 10 heteroatoms. The molecule has 1 N–H and O–H groups in total. The van der Waals surface area contributed by atoms with Gasteiger partial charge in [0.2, 0.25) is 5.95 Å². The van der Waals surface area contributed by atoms with Gasteiger partial charge in [-0.3, -0.25) is 18.5 Å². The molecule has 1 saturated heterocycles. The number of imidazole rings is 1. The summed E-state index contributed by atoms with van der Waals surface area (Å²) in [6.45, 7) is 1.62. The highest BCUT2D eigenvalue weighted by molar-refractivity contribution is 5.75. The average molecular weight is 346 g/mol. The number of carboxylic acid groups (broad SMARTS) is 1. The fourth-order valence-corrected chi connectivity index (χ4v) is 3.02. The van der Waals surface area contributed by atoms with Crippen molar-refractivity contribution in [1.82, 2.24) is 23.6 Å². The number of hydrogen-bond donors (Lipinski definition) is 1. The van der Waals surface area contributed by atoms with Crippen LogP contribution in [0.1, 0.15) is 0 Å². The zero-order valence-corrected chi connectivity index (χ0v) is 14.0. The Morgan fingerprint density at radius 3 is 2.40 bits per heavy atom. The summed E-state index contributed by atoms with van der Waals surface area (Å²) in [6.07, 6.45) is 4.48. The third kappa shape index (κ3) is 2.53. The molecule has 25 heavy (non-hydrogen) atoms. The molecular weight excluding hydrogens is 328 g/mol. The number of amides is 1. The minimum Gasteiger partial charge on any atom is -0.465 e. The second kappa shape index (κ2) is 6.01. The third-order valence-corrected chi connectivity index (χ3v) is 4.41. The lowest BCUT2D eigenvalue weighted by molar-refractivity contribution is 0.142. The Bertz CT molecular complexity index is 1000. The van der Waals surface area contributed by atoms with E-state index < -0.39 is 17.3 Å². The minimum atomic E-state index is -0.965. The third-order valence-electron chi connectivity index (χ3n) is 4.41. The van der Waals surface area contributed by atoms with Crippen LogP contribution < -0.4 is 16.1 Å². The van der Waals surface area contributed by atoms with Crippen LogP contribution in [0, 0.1) is 12.3 Å². The number of hydrogen-bond acceptors (Lipinski definition) is 5. The van der Waals surface area contributed by atoms with Crippen molar-refractivity contribution < 1.29 is 9.90 Å². The molecule has 1 aliphatic rings. The Kier molecular flexibility index (Phi) is 4.00. The van der Waals surface area contributed by atoms with Crippen LogP contribution >= 0.6 is 0 Å². The van der Waals surface area contributed by atoms with E-state index in [2.05, 4.69) is 10.9 Å². The molecule has 10 nitrogen and oxygen atoms in total. The first-order chi connectivity index (χ1) is 11.9. The highest BCUT2D eigenvalue weighted by Crippen LogP contribution is 2.20. The first kappa shape index (κ1) is 16.6. The van der Waals surface area contributed by atoms with Gasteiger partial charge >= 0.3 is 11.8 Å². The molecule has 0 aromatic carbocycles. The molecular formula is C15H18N6O4. The standard InChI is InChI=1S/C15H18N6O4/c1-4-5-21-10-11(17(2)14(23)18(3)12(10)22)16-13(21)19-6-8-20(9-7-19)15(24)25/h1H,5-9H2,2-3H3,(H,24,25). The van der Waals surface area contributed by atoms with E-state index in [1.54, 1.807) is 11.6 Å². The predicted molar refractivity (Wildman–Crippen MR) is 90.9 cm³/mol. The van der Waals surface area contributed by atoms with Crippen LogP contribution in [-0.2, 0) is 20.6 Å². The number of anilines is 1. The van der Waals surface area contributed by atoms with Crippen LogP contribution in [0.2, 0.25) is 0 Å². The van der Waals surface area contributed by atoms with E-state index >= 15 is 0 Å². The van der Waals surface area contributed by atoms with Crippen LogP contribution in [-0.4, -0.2) is 61.0 Å². The fraction of sp³-hybridized carbons (Fsp3) is 0.467. The van der Waals surface area contributed by atoms with Crippen molar-refractivity contribution in [2.45, 2.75) is 6.54 Å². The lowest BCUT2D eigenvalue weighted by atomic mass is 10.3. The molecule has 3 rings (SSSR count). The van der Waals surface area contributed by atoms with E-state index in [0.29, 0.717) is 32.1 Å². The largest absolute Gasteiger partial charge is 0.465 e. The Labute approximate surface area is 142 Å². The number of piperazine rings is 1. The number of nitrogens with zero attached hydrogens (tertiary/aromatic N) is 6. The quantitative estimate of drug-likeness (QED) is 0.690. The van der Waals surface area contributed by atoms with Crippen molar-refractivity contribution in [3.05, 3.63) is 20.8 Å². The molecule has 1 amide bonds. The number of aromatic nitrogens is 4. The summed E-state index contributed by atoms with van der Waals surface area (Å²) in [7, 11) is 2.95. The van der Waals surface area contributed by atoms with Crippen molar-refractivity contribution in [1.29, 1.82) is 0 Å². The molecule has 0 atom stereocenters. The number of terminal acetylenes is 1. The average Bonchev–Trinajstić information content (AvgIpc) is 2.98. The monoisotopic (exact) mass is 346 g/mol. The van der Waals surface area contributed by atoms with E-state index in [0.717, 1.165) is 4.57 Å². The van der Waals surface area contributed by atoms with Gasteiger partial charge in [-0.1, -0.05) is 5.92 Å². The summed E-state index contributed by atoms with van der Waals surface area (Å²) in [4.78, 5) is 43.4. The maximum Gasteiger partial charge on any atom is 0.407 e. The van der Waals surface area contributed by atoms with Gasteiger partial charge in [0.1, 0.15) is 0 Å². The highest BCUT2D eigenvalue weighted by Gasteiger charge is 2.26. The smallest absolute Gasteiger partial charge is 0.407 e. The van der Waals surface area contributed by atoms with Gasteiger partial charge in [0.15, 0.2) is 11.2 Å². The number of aryl methyl sites for hydroxylation is 1. The Hall–Kier alpha value is -3.22. The van der Waals surface area contributed by atoms with E-state index in [9.17, 15) is 14.4 Å². The molecule has 0 unspecified atom stereocenters. The number of carbonyl (C=O) groups is 1. The molecule has 0 aliphatic carbocycles. The summed E-state index contributed by atoms with van der Waals surface area (Å²) < 4.78 is 3.93. The molecule has 1 aliphatic heterocycles. The van der Waals surface area contributed by atoms with E-state index in [4.69, 9.17) is 11.5 Å². The lowest BCUT2D eigenvalue weighted by Gasteiger charge is -2.33. The Balaban J connectivity index is 2.15. The molecule has 2 aromatic heterocycles. The molecule has 0 radical (unpaired) electrons. The maximum atomic E-state index is 12.6. The number of rotatable bonds is 2. The van der Waals surface area contributed by atoms with Crippen LogP contribution in [0.4, 0.5) is 10.7 Å². The molecule has 3 heterocycles. The summed E-state index contributed by atoms with van der Waals surface area (Å²) >= 11 is 0. The summed E-state index contributed by atoms with van der Waals surface area (Å²) in [5.74, 6) is 2.97. The maximum absolute atomic E-state index is 12.6. The van der Waals surface area contributed by atoms with Crippen molar-refractivity contribution in [2.24, 2.45) is 14.1 Å². The summed E-state index contributed by atoms with van der Waals surface area (Å²) in [5, 5.41) is 9.06. The van der Waals surface area contributed by atoms with Crippen LogP contribution in [0.25, 0.3) is 11.2 Å². The Morgan fingerprint density at radius 2 is 1.84 bits per heavy atom. The summed E-state index contributed by atoms with van der Waals surface area (Å²) in [5.41, 5.74) is -0.404. The fourth-order valence-electron chi connectivity index (χ4n) is 3.02. The SMILES string of the molecule is C#CCn1c(N2CCN(C(=O)O)CC2)nc2c1c(=O)n(C)c(=O)n2C. The van der Waals surface area contributed by atoms with Crippen LogP contribution in [0.15, 0.2) is 9.59 Å².